The number of nitrogen functional groups attached to an aromatic ring is 1. The van der Waals surface area contributed by atoms with Crippen molar-refractivity contribution in [3.8, 4) is 0 Å². The van der Waals surface area contributed by atoms with Crippen LogP contribution in [0.25, 0.3) is 0 Å². The fraction of sp³-hybridized carbons (Fsp3) is 0.357. The number of unbranched alkanes of at least 4 members (excludes halogenated alkanes) is 3. The van der Waals surface area contributed by atoms with Gasteiger partial charge >= 0.3 is 0 Å². The second-order valence-corrected chi connectivity index (χ2v) is 4.52. The predicted octanol–water partition coefficient (Wildman–Crippen LogP) is 4.24. The SMILES string of the molecule is C=CCCCCCC(=O)c1cc(N)cc(Cl)c1. The molecule has 1 aromatic carbocycles. The van der Waals surface area contributed by atoms with Crippen LogP contribution in [0.4, 0.5) is 5.69 Å². The number of benzene rings is 1. The Morgan fingerprint density at radius 2 is 2.06 bits per heavy atom. The monoisotopic (exact) mass is 251 g/mol. The van der Waals surface area contributed by atoms with Crippen LogP contribution in [0.15, 0.2) is 30.9 Å². The lowest BCUT2D eigenvalue weighted by Crippen LogP contribution is -2.00. The molecule has 0 aliphatic rings. The molecule has 0 heterocycles. The zero-order valence-electron chi connectivity index (χ0n) is 9.92. The molecular weight excluding hydrogens is 234 g/mol. The van der Waals surface area contributed by atoms with E-state index in [1.807, 2.05) is 6.08 Å². The van der Waals surface area contributed by atoms with Gasteiger partial charge in [0.1, 0.15) is 0 Å². The number of nitrogens with two attached hydrogens (primary N) is 1. The van der Waals surface area contributed by atoms with Crippen LogP contribution in [-0.2, 0) is 0 Å². The summed E-state index contributed by atoms with van der Waals surface area (Å²) in [6.07, 6.45) is 6.51. The van der Waals surface area contributed by atoms with E-state index in [4.69, 9.17) is 17.3 Å². The second kappa shape index (κ2) is 7.13. The van der Waals surface area contributed by atoms with Crippen molar-refractivity contribution in [2.24, 2.45) is 0 Å². The maximum Gasteiger partial charge on any atom is 0.163 e. The Balaban J connectivity index is 2.44. The van der Waals surface area contributed by atoms with E-state index in [2.05, 4.69) is 6.58 Å². The lowest BCUT2D eigenvalue weighted by atomic mass is 10.0. The number of allylic oxidation sites excluding steroid dienone is 1. The number of anilines is 1. The van der Waals surface area contributed by atoms with Gasteiger partial charge in [0, 0.05) is 22.7 Å². The van der Waals surface area contributed by atoms with E-state index in [-0.39, 0.29) is 5.78 Å². The molecule has 0 spiro atoms. The fourth-order valence-electron chi connectivity index (χ4n) is 1.67. The van der Waals surface area contributed by atoms with E-state index < -0.39 is 0 Å². The van der Waals surface area contributed by atoms with Crippen LogP contribution in [0, 0.1) is 0 Å². The topological polar surface area (TPSA) is 43.1 Å². The van der Waals surface area contributed by atoms with Crippen LogP contribution in [-0.4, -0.2) is 5.78 Å². The molecular formula is C14H18ClNO. The highest BCUT2D eigenvalue weighted by atomic mass is 35.5. The number of carbonyl (C=O) groups excluding carboxylic acids is 1. The Morgan fingerprint density at radius 1 is 1.29 bits per heavy atom. The Hall–Kier alpha value is -1.28. The Bertz CT molecular complexity index is 381. The highest BCUT2D eigenvalue weighted by molar-refractivity contribution is 6.31. The van der Waals surface area contributed by atoms with Gasteiger partial charge in [-0.15, -0.1) is 6.58 Å². The van der Waals surface area contributed by atoms with E-state index in [1.54, 1.807) is 18.2 Å². The minimum Gasteiger partial charge on any atom is -0.399 e. The highest BCUT2D eigenvalue weighted by Crippen LogP contribution is 2.18. The molecule has 0 aromatic heterocycles. The lowest BCUT2D eigenvalue weighted by Gasteiger charge is -2.03. The van der Waals surface area contributed by atoms with Gasteiger partial charge < -0.3 is 5.73 Å². The minimum atomic E-state index is 0.109. The molecule has 0 amide bonds. The quantitative estimate of drug-likeness (QED) is 0.341. The molecule has 92 valence electrons. The van der Waals surface area contributed by atoms with Crippen LogP contribution in [0.1, 0.15) is 42.5 Å². The van der Waals surface area contributed by atoms with Crippen molar-refractivity contribution >= 4 is 23.1 Å². The van der Waals surface area contributed by atoms with Crippen molar-refractivity contribution in [2.75, 3.05) is 5.73 Å². The van der Waals surface area contributed by atoms with Crippen molar-refractivity contribution in [3.63, 3.8) is 0 Å². The van der Waals surface area contributed by atoms with Gasteiger partial charge in [-0.05, 0) is 37.5 Å². The average Bonchev–Trinajstić information content (AvgIpc) is 2.27. The molecule has 0 unspecified atom stereocenters. The Labute approximate surface area is 107 Å². The maximum absolute atomic E-state index is 11.8. The van der Waals surface area contributed by atoms with Gasteiger partial charge in [-0.3, -0.25) is 4.79 Å². The fourth-order valence-corrected chi connectivity index (χ4v) is 1.91. The molecule has 0 fully saturated rings. The number of carbonyl (C=O) groups is 1. The number of ketones is 1. The number of halogens is 1. The second-order valence-electron chi connectivity index (χ2n) is 4.08. The zero-order chi connectivity index (χ0) is 12.7. The number of Topliss-reactive ketones (excluding diaryl/α,β-unsaturated/α-hetero) is 1. The zero-order valence-corrected chi connectivity index (χ0v) is 10.7. The van der Waals surface area contributed by atoms with Gasteiger partial charge in [-0.1, -0.05) is 24.1 Å². The smallest absolute Gasteiger partial charge is 0.163 e. The van der Waals surface area contributed by atoms with Crippen LogP contribution in [0.3, 0.4) is 0 Å². The molecule has 3 heteroatoms. The molecule has 0 aliphatic carbocycles. The van der Waals surface area contributed by atoms with E-state index in [0.717, 1.165) is 25.7 Å². The summed E-state index contributed by atoms with van der Waals surface area (Å²) in [5.41, 5.74) is 6.79. The molecule has 0 atom stereocenters. The summed E-state index contributed by atoms with van der Waals surface area (Å²) < 4.78 is 0. The highest BCUT2D eigenvalue weighted by Gasteiger charge is 2.07. The summed E-state index contributed by atoms with van der Waals surface area (Å²) in [6.45, 7) is 3.66. The molecule has 2 N–H and O–H groups in total. The Kier molecular flexibility index (Phi) is 5.78. The standard InChI is InChI=1S/C14H18ClNO/c1-2-3-4-5-6-7-14(17)11-8-12(15)10-13(16)9-11/h2,8-10H,1,3-7,16H2. The summed E-state index contributed by atoms with van der Waals surface area (Å²) in [6, 6.07) is 4.99. The van der Waals surface area contributed by atoms with Crippen molar-refractivity contribution in [1.82, 2.24) is 0 Å². The summed E-state index contributed by atoms with van der Waals surface area (Å²) >= 11 is 5.85. The van der Waals surface area contributed by atoms with E-state index >= 15 is 0 Å². The van der Waals surface area contributed by atoms with E-state index in [0.29, 0.717) is 22.7 Å². The van der Waals surface area contributed by atoms with Crippen LogP contribution in [0.2, 0.25) is 5.02 Å². The van der Waals surface area contributed by atoms with Gasteiger partial charge in [-0.25, -0.2) is 0 Å². The first-order chi connectivity index (χ1) is 8.13. The molecule has 0 bridgehead atoms. The Morgan fingerprint density at radius 3 is 2.71 bits per heavy atom. The van der Waals surface area contributed by atoms with E-state index in [1.165, 1.54) is 0 Å². The maximum atomic E-state index is 11.8. The van der Waals surface area contributed by atoms with Gasteiger partial charge in [0.25, 0.3) is 0 Å². The molecule has 17 heavy (non-hydrogen) atoms. The first-order valence-corrected chi connectivity index (χ1v) is 6.21. The van der Waals surface area contributed by atoms with Crippen molar-refractivity contribution in [2.45, 2.75) is 32.1 Å². The van der Waals surface area contributed by atoms with Gasteiger partial charge in [0.15, 0.2) is 5.78 Å². The van der Waals surface area contributed by atoms with Crippen LogP contribution < -0.4 is 5.73 Å². The summed E-state index contributed by atoms with van der Waals surface area (Å²) in [4.78, 5) is 11.8. The first-order valence-electron chi connectivity index (χ1n) is 5.83. The first kappa shape index (κ1) is 13.8. The molecule has 1 rings (SSSR count). The third-order valence-electron chi connectivity index (χ3n) is 2.55. The summed E-state index contributed by atoms with van der Waals surface area (Å²) in [5.74, 6) is 0.109. The summed E-state index contributed by atoms with van der Waals surface area (Å²) in [7, 11) is 0. The number of hydrogen-bond donors (Lipinski definition) is 1. The van der Waals surface area contributed by atoms with E-state index in [9.17, 15) is 4.79 Å². The molecule has 0 saturated carbocycles. The predicted molar refractivity (Wildman–Crippen MR) is 73.5 cm³/mol. The van der Waals surface area contributed by atoms with Crippen molar-refractivity contribution < 1.29 is 4.79 Å². The molecule has 1 aromatic rings. The normalized spacial score (nSPS) is 10.2. The van der Waals surface area contributed by atoms with Gasteiger partial charge in [0.2, 0.25) is 0 Å². The summed E-state index contributed by atoms with van der Waals surface area (Å²) in [5, 5.41) is 0.514. The third kappa shape index (κ3) is 5.05. The molecule has 2 nitrogen and oxygen atoms in total. The van der Waals surface area contributed by atoms with Crippen LogP contribution >= 0.6 is 11.6 Å². The van der Waals surface area contributed by atoms with Gasteiger partial charge in [-0.2, -0.15) is 0 Å². The molecule has 0 radical (unpaired) electrons. The van der Waals surface area contributed by atoms with Gasteiger partial charge in [0.05, 0.1) is 0 Å². The molecule has 0 saturated heterocycles. The lowest BCUT2D eigenvalue weighted by molar-refractivity contribution is 0.0979. The van der Waals surface area contributed by atoms with Crippen molar-refractivity contribution in [1.29, 1.82) is 0 Å². The average molecular weight is 252 g/mol. The number of rotatable bonds is 7. The number of hydrogen-bond acceptors (Lipinski definition) is 2. The minimum absolute atomic E-state index is 0.109. The molecule has 0 aliphatic heterocycles. The van der Waals surface area contributed by atoms with Crippen LogP contribution in [0.5, 0.6) is 0 Å². The third-order valence-corrected chi connectivity index (χ3v) is 2.77. The van der Waals surface area contributed by atoms with Crippen molar-refractivity contribution in [3.05, 3.63) is 41.4 Å². The largest absolute Gasteiger partial charge is 0.399 e.